The SMILES string of the molecule is Cc1cc(C(=O)N[C@@H]2C=C[C@H](CO)C2)c(C)cc1Br. The highest BCUT2D eigenvalue weighted by Gasteiger charge is 2.21. The second-order valence-electron chi connectivity index (χ2n) is 5.06. The summed E-state index contributed by atoms with van der Waals surface area (Å²) in [6.07, 6.45) is 4.70. The van der Waals surface area contributed by atoms with Gasteiger partial charge in [0.15, 0.2) is 0 Å². The second-order valence-corrected chi connectivity index (χ2v) is 5.91. The Labute approximate surface area is 121 Å². The molecule has 0 saturated heterocycles. The van der Waals surface area contributed by atoms with Crippen molar-refractivity contribution in [1.29, 1.82) is 0 Å². The van der Waals surface area contributed by atoms with Gasteiger partial charge >= 0.3 is 0 Å². The number of aryl methyl sites for hydroxylation is 2. The van der Waals surface area contributed by atoms with Gasteiger partial charge in [0.1, 0.15) is 0 Å². The molecule has 1 aromatic carbocycles. The van der Waals surface area contributed by atoms with E-state index in [0.29, 0.717) is 5.56 Å². The largest absolute Gasteiger partial charge is 0.396 e. The summed E-state index contributed by atoms with van der Waals surface area (Å²) in [5.74, 6) is 0.111. The first-order chi connectivity index (χ1) is 9.01. The number of amides is 1. The van der Waals surface area contributed by atoms with Crippen LogP contribution in [0.15, 0.2) is 28.8 Å². The van der Waals surface area contributed by atoms with Crippen LogP contribution >= 0.6 is 15.9 Å². The van der Waals surface area contributed by atoms with Crippen LogP contribution in [0.1, 0.15) is 27.9 Å². The van der Waals surface area contributed by atoms with Gasteiger partial charge < -0.3 is 10.4 Å². The van der Waals surface area contributed by atoms with Crippen molar-refractivity contribution in [3.05, 3.63) is 45.4 Å². The van der Waals surface area contributed by atoms with Crippen LogP contribution in [0.4, 0.5) is 0 Å². The number of hydrogen-bond donors (Lipinski definition) is 2. The molecule has 102 valence electrons. The van der Waals surface area contributed by atoms with E-state index >= 15 is 0 Å². The predicted molar refractivity (Wildman–Crippen MR) is 79.2 cm³/mol. The fraction of sp³-hybridized carbons (Fsp3) is 0.400. The zero-order chi connectivity index (χ0) is 14.0. The molecule has 0 unspecified atom stereocenters. The molecule has 0 aromatic heterocycles. The summed E-state index contributed by atoms with van der Waals surface area (Å²) in [4.78, 5) is 12.3. The molecule has 0 aliphatic heterocycles. The average Bonchev–Trinajstić information content (AvgIpc) is 2.81. The topological polar surface area (TPSA) is 49.3 Å². The Hall–Kier alpha value is -1.13. The molecule has 3 nitrogen and oxygen atoms in total. The van der Waals surface area contributed by atoms with Crippen molar-refractivity contribution in [3.63, 3.8) is 0 Å². The summed E-state index contributed by atoms with van der Waals surface area (Å²) in [7, 11) is 0. The molecule has 0 radical (unpaired) electrons. The molecule has 0 bridgehead atoms. The molecule has 1 amide bonds. The van der Waals surface area contributed by atoms with Crippen LogP contribution in [0, 0.1) is 19.8 Å². The zero-order valence-corrected chi connectivity index (χ0v) is 12.7. The van der Waals surface area contributed by atoms with E-state index in [0.717, 1.165) is 22.0 Å². The van der Waals surface area contributed by atoms with Crippen LogP contribution in [0.25, 0.3) is 0 Å². The van der Waals surface area contributed by atoms with E-state index in [1.807, 2.05) is 38.1 Å². The van der Waals surface area contributed by atoms with Crippen LogP contribution in [0.5, 0.6) is 0 Å². The van der Waals surface area contributed by atoms with Crippen molar-refractivity contribution in [3.8, 4) is 0 Å². The first-order valence-electron chi connectivity index (χ1n) is 6.38. The Morgan fingerprint density at radius 1 is 1.37 bits per heavy atom. The summed E-state index contributed by atoms with van der Waals surface area (Å²) in [5.41, 5.74) is 2.71. The fourth-order valence-electron chi connectivity index (χ4n) is 2.29. The van der Waals surface area contributed by atoms with E-state index < -0.39 is 0 Å². The average molecular weight is 324 g/mol. The van der Waals surface area contributed by atoms with Gasteiger partial charge in [-0.3, -0.25) is 4.79 Å². The Morgan fingerprint density at radius 3 is 2.74 bits per heavy atom. The number of nitrogens with one attached hydrogen (secondary N) is 1. The quantitative estimate of drug-likeness (QED) is 0.840. The first kappa shape index (κ1) is 14.3. The predicted octanol–water partition coefficient (Wildman–Crippen LogP) is 2.73. The summed E-state index contributed by atoms with van der Waals surface area (Å²) in [5, 5.41) is 12.1. The van der Waals surface area contributed by atoms with Crippen molar-refractivity contribution in [1.82, 2.24) is 5.32 Å². The summed E-state index contributed by atoms with van der Waals surface area (Å²) < 4.78 is 1.02. The van der Waals surface area contributed by atoms with Crippen LogP contribution in [0.2, 0.25) is 0 Å². The fourth-order valence-corrected chi connectivity index (χ4v) is 2.75. The highest BCUT2D eigenvalue weighted by molar-refractivity contribution is 9.10. The van der Waals surface area contributed by atoms with E-state index in [9.17, 15) is 4.79 Å². The minimum atomic E-state index is -0.0543. The number of aliphatic hydroxyl groups is 1. The van der Waals surface area contributed by atoms with E-state index in [1.54, 1.807) is 0 Å². The van der Waals surface area contributed by atoms with Gasteiger partial charge in [-0.2, -0.15) is 0 Å². The number of carbonyl (C=O) groups is 1. The lowest BCUT2D eigenvalue weighted by molar-refractivity contribution is 0.0940. The molecule has 0 fully saturated rings. The molecule has 1 aliphatic rings. The zero-order valence-electron chi connectivity index (χ0n) is 11.1. The van der Waals surface area contributed by atoms with Crippen molar-refractivity contribution in [2.45, 2.75) is 26.3 Å². The Kier molecular flexibility index (Phi) is 4.42. The third kappa shape index (κ3) is 3.25. The molecule has 2 N–H and O–H groups in total. The van der Waals surface area contributed by atoms with E-state index in [4.69, 9.17) is 5.11 Å². The molecule has 2 rings (SSSR count). The number of benzene rings is 1. The molecule has 4 heteroatoms. The van der Waals surface area contributed by atoms with Crippen LogP contribution in [0.3, 0.4) is 0 Å². The van der Waals surface area contributed by atoms with Gasteiger partial charge in [0, 0.05) is 28.6 Å². The number of aliphatic hydroxyl groups excluding tert-OH is 1. The van der Waals surface area contributed by atoms with Gasteiger partial charge in [-0.05, 0) is 43.5 Å². The maximum atomic E-state index is 12.3. The van der Waals surface area contributed by atoms with Gasteiger partial charge in [0.2, 0.25) is 0 Å². The van der Waals surface area contributed by atoms with E-state index in [1.165, 1.54) is 0 Å². The lowest BCUT2D eigenvalue weighted by atomic mass is 10.0. The van der Waals surface area contributed by atoms with Gasteiger partial charge in [-0.1, -0.05) is 28.1 Å². The molecule has 0 spiro atoms. The third-order valence-electron chi connectivity index (χ3n) is 3.47. The molecule has 2 atom stereocenters. The molecule has 1 aliphatic carbocycles. The van der Waals surface area contributed by atoms with Gasteiger partial charge in [0.05, 0.1) is 0 Å². The van der Waals surface area contributed by atoms with Crippen LogP contribution in [-0.4, -0.2) is 23.7 Å². The maximum Gasteiger partial charge on any atom is 0.252 e. The van der Waals surface area contributed by atoms with Gasteiger partial charge in [0.25, 0.3) is 5.91 Å². The summed E-state index contributed by atoms with van der Waals surface area (Å²) >= 11 is 3.46. The second kappa shape index (κ2) is 5.88. The van der Waals surface area contributed by atoms with Crippen molar-refractivity contribution < 1.29 is 9.90 Å². The highest BCUT2D eigenvalue weighted by Crippen LogP contribution is 2.22. The van der Waals surface area contributed by atoms with Gasteiger partial charge in [-0.15, -0.1) is 0 Å². The van der Waals surface area contributed by atoms with Crippen molar-refractivity contribution in [2.75, 3.05) is 6.61 Å². The molecular weight excluding hydrogens is 306 g/mol. The smallest absolute Gasteiger partial charge is 0.252 e. The normalized spacial score (nSPS) is 21.7. The minimum absolute atomic E-state index is 0.0213. The Balaban J connectivity index is 2.09. The minimum Gasteiger partial charge on any atom is -0.396 e. The third-order valence-corrected chi connectivity index (χ3v) is 4.33. The molecule has 0 saturated carbocycles. The van der Waals surface area contributed by atoms with Crippen molar-refractivity contribution >= 4 is 21.8 Å². The summed E-state index contributed by atoms with van der Waals surface area (Å²) in [6.45, 7) is 4.04. The summed E-state index contributed by atoms with van der Waals surface area (Å²) in [6, 6.07) is 3.88. The number of hydrogen-bond acceptors (Lipinski definition) is 2. The lowest BCUT2D eigenvalue weighted by Crippen LogP contribution is -2.33. The number of carbonyl (C=O) groups excluding carboxylic acids is 1. The van der Waals surface area contributed by atoms with E-state index in [-0.39, 0.29) is 24.5 Å². The van der Waals surface area contributed by atoms with Gasteiger partial charge in [-0.25, -0.2) is 0 Å². The first-order valence-corrected chi connectivity index (χ1v) is 7.17. The molecule has 0 heterocycles. The van der Waals surface area contributed by atoms with E-state index in [2.05, 4.69) is 21.2 Å². The molecular formula is C15H18BrNO2. The van der Waals surface area contributed by atoms with Crippen LogP contribution in [-0.2, 0) is 0 Å². The lowest BCUT2D eigenvalue weighted by Gasteiger charge is -2.14. The van der Waals surface area contributed by atoms with Crippen molar-refractivity contribution in [2.24, 2.45) is 5.92 Å². The van der Waals surface area contributed by atoms with Crippen LogP contribution < -0.4 is 5.32 Å². The monoisotopic (exact) mass is 323 g/mol. The molecule has 19 heavy (non-hydrogen) atoms. The number of rotatable bonds is 3. The number of halogens is 1. The maximum absolute atomic E-state index is 12.3. The Morgan fingerprint density at radius 2 is 2.11 bits per heavy atom. The standard InChI is InChI=1S/C15H18BrNO2/c1-9-6-14(16)10(2)5-13(9)15(19)17-12-4-3-11(7-12)8-18/h3-6,11-12,18H,7-8H2,1-2H3,(H,17,19)/t11-,12+/m0/s1. The Bertz CT molecular complexity index is 525. The highest BCUT2D eigenvalue weighted by atomic mass is 79.9. The molecule has 1 aromatic rings.